The number of nitrogens with one attached hydrogen (secondary N) is 2. The van der Waals surface area contributed by atoms with Crippen molar-refractivity contribution in [3.05, 3.63) is 65.2 Å². The van der Waals surface area contributed by atoms with E-state index in [9.17, 15) is 9.59 Å². The van der Waals surface area contributed by atoms with Crippen LogP contribution in [-0.4, -0.2) is 37.2 Å². The topological polar surface area (TPSA) is 76.7 Å². The van der Waals surface area contributed by atoms with Gasteiger partial charge in [-0.25, -0.2) is 0 Å². The van der Waals surface area contributed by atoms with E-state index in [0.29, 0.717) is 24.5 Å². The minimum atomic E-state index is -0.750. The highest BCUT2D eigenvalue weighted by atomic mass is 16.6. The van der Waals surface area contributed by atoms with E-state index in [0.717, 1.165) is 24.0 Å². The Balaban J connectivity index is 1.51. The van der Waals surface area contributed by atoms with Crippen molar-refractivity contribution in [2.24, 2.45) is 0 Å². The lowest BCUT2D eigenvalue weighted by atomic mass is 10.0. The lowest BCUT2D eigenvalue weighted by Gasteiger charge is -2.31. The van der Waals surface area contributed by atoms with Crippen LogP contribution in [0.2, 0.25) is 0 Å². The van der Waals surface area contributed by atoms with E-state index in [1.165, 1.54) is 0 Å². The van der Waals surface area contributed by atoms with Crippen molar-refractivity contribution < 1.29 is 19.1 Å². The van der Waals surface area contributed by atoms with Gasteiger partial charge in [-0.15, -0.1) is 0 Å². The van der Waals surface area contributed by atoms with Crippen LogP contribution in [0.25, 0.3) is 0 Å². The molecule has 0 spiro atoms. The zero-order valence-electron chi connectivity index (χ0n) is 15.8. The van der Waals surface area contributed by atoms with Crippen molar-refractivity contribution in [2.45, 2.75) is 38.0 Å². The Bertz CT molecular complexity index is 864. The maximum atomic E-state index is 13.0. The number of hydrogen-bond acceptors (Lipinski definition) is 4. The molecule has 1 saturated carbocycles. The molecule has 6 nitrogen and oxygen atoms in total. The smallest absolute Gasteiger partial charge is 0.256 e. The molecule has 2 fully saturated rings. The summed E-state index contributed by atoms with van der Waals surface area (Å²) in [6, 6.07) is 15.2. The average molecular weight is 380 g/mol. The summed E-state index contributed by atoms with van der Waals surface area (Å²) >= 11 is 0. The number of rotatable bonds is 5. The van der Waals surface area contributed by atoms with Crippen LogP contribution < -0.4 is 10.6 Å². The second kappa shape index (κ2) is 8.12. The number of aryl methyl sites for hydroxylation is 1. The first kappa shape index (κ1) is 18.7. The summed E-state index contributed by atoms with van der Waals surface area (Å²) in [6.45, 7) is 2.70. The first-order valence-corrected chi connectivity index (χ1v) is 9.62. The van der Waals surface area contributed by atoms with Crippen molar-refractivity contribution in [1.29, 1.82) is 0 Å². The summed E-state index contributed by atoms with van der Waals surface area (Å²) in [6.07, 6.45) is 0.846. The van der Waals surface area contributed by atoms with E-state index in [2.05, 4.69) is 10.6 Å². The van der Waals surface area contributed by atoms with E-state index < -0.39 is 12.2 Å². The second-order valence-electron chi connectivity index (χ2n) is 7.26. The van der Waals surface area contributed by atoms with Crippen molar-refractivity contribution in [3.8, 4) is 0 Å². The SMILES string of the molecule is Cc1ccc(C(=O)NC2CC2)cc1NC(=O)[C@@H]1OCCO[C@@H]1c1ccccc1. The first-order valence-electron chi connectivity index (χ1n) is 9.62. The number of benzene rings is 2. The predicted octanol–water partition coefficient (Wildman–Crippen LogP) is 2.98. The molecule has 1 aliphatic carbocycles. The van der Waals surface area contributed by atoms with Gasteiger partial charge in [0.1, 0.15) is 6.10 Å². The van der Waals surface area contributed by atoms with Gasteiger partial charge >= 0.3 is 0 Å². The fourth-order valence-electron chi connectivity index (χ4n) is 3.25. The van der Waals surface area contributed by atoms with Crippen molar-refractivity contribution in [1.82, 2.24) is 5.32 Å². The summed E-state index contributed by atoms with van der Waals surface area (Å²) in [7, 11) is 0. The minimum absolute atomic E-state index is 0.114. The summed E-state index contributed by atoms with van der Waals surface area (Å²) in [4.78, 5) is 25.3. The highest BCUT2D eigenvalue weighted by Crippen LogP contribution is 2.28. The predicted molar refractivity (Wildman–Crippen MR) is 105 cm³/mol. The minimum Gasteiger partial charge on any atom is -0.368 e. The van der Waals surface area contributed by atoms with E-state index >= 15 is 0 Å². The Kier molecular flexibility index (Phi) is 5.41. The maximum Gasteiger partial charge on any atom is 0.256 e. The number of anilines is 1. The Hall–Kier alpha value is -2.70. The molecule has 0 radical (unpaired) electrons. The summed E-state index contributed by atoms with van der Waals surface area (Å²) in [5.41, 5.74) is 2.92. The monoisotopic (exact) mass is 380 g/mol. The Morgan fingerprint density at radius 3 is 2.50 bits per heavy atom. The standard InChI is InChI=1S/C22H24N2O4/c1-14-7-8-16(21(25)23-17-9-10-17)13-18(14)24-22(26)20-19(27-11-12-28-20)15-5-3-2-4-6-15/h2-8,13,17,19-20H,9-12H2,1H3,(H,23,25)(H,24,26)/t19-,20-/m1/s1. The van der Waals surface area contributed by atoms with Crippen LogP contribution in [0.1, 0.15) is 40.4 Å². The van der Waals surface area contributed by atoms with Crippen molar-refractivity contribution >= 4 is 17.5 Å². The van der Waals surface area contributed by atoms with Crippen LogP contribution in [0.15, 0.2) is 48.5 Å². The lowest BCUT2D eigenvalue weighted by molar-refractivity contribution is -0.162. The van der Waals surface area contributed by atoms with Crippen LogP contribution in [0.4, 0.5) is 5.69 Å². The number of ether oxygens (including phenoxy) is 2. The highest BCUT2D eigenvalue weighted by molar-refractivity contribution is 5.99. The van der Waals surface area contributed by atoms with Gasteiger partial charge < -0.3 is 20.1 Å². The summed E-state index contributed by atoms with van der Waals surface area (Å²) in [5, 5.41) is 5.89. The van der Waals surface area contributed by atoms with E-state index in [1.807, 2.05) is 43.3 Å². The molecule has 1 saturated heterocycles. The van der Waals surface area contributed by atoms with Gasteiger partial charge in [-0.3, -0.25) is 9.59 Å². The molecule has 1 aliphatic heterocycles. The van der Waals surface area contributed by atoms with Gasteiger partial charge in [0.05, 0.1) is 13.2 Å². The van der Waals surface area contributed by atoms with E-state index in [4.69, 9.17) is 9.47 Å². The molecule has 0 aromatic heterocycles. The lowest BCUT2D eigenvalue weighted by Crippen LogP contribution is -2.41. The molecule has 6 heteroatoms. The second-order valence-corrected chi connectivity index (χ2v) is 7.26. The van der Waals surface area contributed by atoms with Crippen molar-refractivity contribution in [2.75, 3.05) is 18.5 Å². The Morgan fingerprint density at radius 2 is 1.75 bits per heavy atom. The van der Waals surface area contributed by atoms with Gasteiger partial charge in [-0.1, -0.05) is 36.4 Å². The summed E-state index contributed by atoms with van der Waals surface area (Å²) < 4.78 is 11.6. The maximum absolute atomic E-state index is 13.0. The molecule has 1 heterocycles. The molecule has 2 aromatic rings. The number of hydrogen-bond donors (Lipinski definition) is 2. The van der Waals surface area contributed by atoms with E-state index in [-0.39, 0.29) is 17.9 Å². The van der Waals surface area contributed by atoms with Gasteiger partial charge in [0.2, 0.25) is 0 Å². The molecular weight excluding hydrogens is 356 g/mol. The number of carbonyl (C=O) groups excluding carboxylic acids is 2. The molecule has 2 N–H and O–H groups in total. The van der Waals surface area contributed by atoms with Crippen LogP contribution >= 0.6 is 0 Å². The highest BCUT2D eigenvalue weighted by Gasteiger charge is 2.34. The van der Waals surface area contributed by atoms with E-state index in [1.54, 1.807) is 12.1 Å². The molecule has 0 unspecified atom stereocenters. The molecule has 146 valence electrons. The molecule has 4 rings (SSSR count). The van der Waals surface area contributed by atoms with Crippen LogP contribution in [0.3, 0.4) is 0 Å². The molecule has 28 heavy (non-hydrogen) atoms. The Morgan fingerprint density at radius 1 is 1.00 bits per heavy atom. The molecule has 0 bridgehead atoms. The van der Waals surface area contributed by atoms with Gasteiger partial charge in [0.15, 0.2) is 6.10 Å². The largest absolute Gasteiger partial charge is 0.368 e. The molecule has 2 aromatic carbocycles. The normalized spacial score (nSPS) is 21.8. The van der Waals surface area contributed by atoms with Crippen LogP contribution in [-0.2, 0) is 14.3 Å². The van der Waals surface area contributed by atoms with Gasteiger partial charge in [-0.2, -0.15) is 0 Å². The van der Waals surface area contributed by atoms with Gasteiger partial charge in [0.25, 0.3) is 11.8 Å². The number of carbonyl (C=O) groups is 2. The van der Waals surface area contributed by atoms with Gasteiger partial charge in [0, 0.05) is 17.3 Å². The third kappa shape index (κ3) is 4.24. The third-order valence-electron chi connectivity index (χ3n) is 5.01. The van der Waals surface area contributed by atoms with Crippen molar-refractivity contribution in [3.63, 3.8) is 0 Å². The molecule has 2 atom stereocenters. The third-order valence-corrected chi connectivity index (χ3v) is 5.01. The van der Waals surface area contributed by atoms with Crippen LogP contribution in [0, 0.1) is 6.92 Å². The fraction of sp³-hybridized carbons (Fsp3) is 0.364. The van der Waals surface area contributed by atoms with Gasteiger partial charge in [-0.05, 0) is 43.0 Å². The molecular formula is C22H24N2O4. The molecule has 2 aliphatic rings. The van der Waals surface area contributed by atoms with Crippen LogP contribution in [0.5, 0.6) is 0 Å². The summed E-state index contributed by atoms with van der Waals surface area (Å²) in [5.74, 6) is -0.395. The zero-order chi connectivity index (χ0) is 19.5. The fourth-order valence-corrected chi connectivity index (χ4v) is 3.25. The zero-order valence-corrected chi connectivity index (χ0v) is 15.8. The Labute approximate surface area is 164 Å². The number of amides is 2. The first-order chi connectivity index (χ1) is 13.6. The molecule has 2 amide bonds. The quantitative estimate of drug-likeness (QED) is 0.836. The average Bonchev–Trinajstić information content (AvgIpc) is 3.54.